The maximum absolute atomic E-state index is 11.7. The highest BCUT2D eigenvalue weighted by atomic mass is 32.2. The average Bonchev–Trinajstić information content (AvgIpc) is 2.09. The first-order chi connectivity index (χ1) is 6.29. The lowest BCUT2D eigenvalue weighted by molar-refractivity contribution is 0.0481. The van der Waals surface area contributed by atoms with Gasteiger partial charge in [-0.1, -0.05) is 0 Å². The van der Waals surface area contributed by atoms with Gasteiger partial charge in [-0.2, -0.15) is 4.31 Å². The number of aliphatic hydroxyl groups excluding tert-OH is 1. The Morgan fingerprint density at radius 2 is 2.07 bits per heavy atom. The van der Waals surface area contributed by atoms with Gasteiger partial charge >= 0.3 is 0 Å². The molecule has 0 spiro atoms. The number of aliphatic hydroxyl groups is 1. The fourth-order valence-corrected chi connectivity index (χ4v) is 3.38. The number of piperidine rings is 1. The number of nitrogens with zero attached hydrogens (tertiary/aromatic N) is 1. The Labute approximate surface area is 86.0 Å². The second-order valence-corrected chi connectivity index (χ2v) is 6.62. The monoisotopic (exact) mass is 221 g/mol. The van der Waals surface area contributed by atoms with Gasteiger partial charge < -0.3 is 5.11 Å². The van der Waals surface area contributed by atoms with Crippen LogP contribution in [-0.4, -0.2) is 41.8 Å². The minimum absolute atomic E-state index is 0.100. The van der Waals surface area contributed by atoms with E-state index < -0.39 is 16.1 Å². The maximum atomic E-state index is 11.7. The van der Waals surface area contributed by atoms with Crippen LogP contribution in [0, 0.1) is 0 Å². The summed E-state index contributed by atoms with van der Waals surface area (Å²) in [5.41, 5.74) is -0.353. The van der Waals surface area contributed by atoms with Crippen molar-refractivity contribution >= 4 is 10.0 Å². The molecule has 1 aliphatic rings. The largest absolute Gasteiger partial charge is 0.392 e. The maximum Gasteiger partial charge on any atom is 0.214 e. The summed E-state index contributed by atoms with van der Waals surface area (Å²) in [4.78, 5) is 0. The fourth-order valence-electron chi connectivity index (χ4n) is 1.82. The molecule has 0 saturated carbocycles. The lowest BCUT2D eigenvalue weighted by Gasteiger charge is -2.42. The first kappa shape index (κ1) is 11.9. The van der Waals surface area contributed by atoms with E-state index in [1.165, 1.54) is 4.31 Å². The second-order valence-electron chi connectivity index (χ2n) is 4.44. The lowest BCUT2D eigenvalue weighted by atomic mass is 9.92. The quantitative estimate of drug-likeness (QED) is 0.741. The molecule has 1 heterocycles. The first-order valence-electron chi connectivity index (χ1n) is 4.98. The van der Waals surface area contributed by atoms with Gasteiger partial charge in [0.15, 0.2) is 0 Å². The summed E-state index contributed by atoms with van der Waals surface area (Å²) in [6.45, 7) is 5.69. The summed E-state index contributed by atoms with van der Waals surface area (Å²) in [5.74, 6) is 0.100. The van der Waals surface area contributed by atoms with Crippen molar-refractivity contribution in [2.45, 2.75) is 45.3 Å². The highest BCUT2D eigenvalue weighted by Crippen LogP contribution is 2.30. The zero-order valence-corrected chi connectivity index (χ0v) is 9.84. The van der Waals surface area contributed by atoms with E-state index in [2.05, 4.69) is 0 Å². The molecule has 1 atom stereocenters. The van der Waals surface area contributed by atoms with Crippen LogP contribution in [0.15, 0.2) is 0 Å². The van der Waals surface area contributed by atoms with Crippen LogP contribution in [0.3, 0.4) is 0 Å². The van der Waals surface area contributed by atoms with Gasteiger partial charge in [0, 0.05) is 12.1 Å². The average molecular weight is 221 g/mol. The van der Waals surface area contributed by atoms with Crippen LogP contribution in [0.2, 0.25) is 0 Å². The summed E-state index contributed by atoms with van der Waals surface area (Å²) < 4.78 is 24.9. The van der Waals surface area contributed by atoms with Gasteiger partial charge in [0.25, 0.3) is 0 Å². The SMILES string of the molecule is CCS(=O)(=O)N1CC(O)CCC1(C)C. The molecule has 84 valence electrons. The molecule has 1 saturated heterocycles. The molecule has 0 bridgehead atoms. The van der Waals surface area contributed by atoms with Crippen molar-refractivity contribution in [1.82, 2.24) is 4.31 Å². The van der Waals surface area contributed by atoms with Crippen molar-refractivity contribution in [1.29, 1.82) is 0 Å². The summed E-state index contributed by atoms with van der Waals surface area (Å²) >= 11 is 0. The Balaban J connectivity index is 2.94. The number of rotatable bonds is 2. The molecule has 0 aliphatic carbocycles. The van der Waals surface area contributed by atoms with Crippen molar-refractivity contribution < 1.29 is 13.5 Å². The van der Waals surface area contributed by atoms with Crippen LogP contribution in [0.4, 0.5) is 0 Å². The highest BCUT2D eigenvalue weighted by Gasteiger charge is 2.39. The van der Waals surface area contributed by atoms with E-state index in [4.69, 9.17) is 0 Å². The number of hydrogen-bond donors (Lipinski definition) is 1. The topological polar surface area (TPSA) is 57.6 Å². The van der Waals surface area contributed by atoms with Crippen LogP contribution in [0.5, 0.6) is 0 Å². The van der Waals surface area contributed by atoms with Crippen LogP contribution >= 0.6 is 0 Å². The molecule has 0 aromatic heterocycles. The minimum Gasteiger partial charge on any atom is -0.392 e. The van der Waals surface area contributed by atoms with E-state index >= 15 is 0 Å². The fraction of sp³-hybridized carbons (Fsp3) is 1.00. The Morgan fingerprint density at radius 1 is 1.50 bits per heavy atom. The highest BCUT2D eigenvalue weighted by molar-refractivity contribution is 7.89. The predicted molar refractivity (Wildman–Crippen MR) is 55.5 cm³/mol. The van der Waals surface area contributed by atoms with Gasteiger partial charge in [-0.3, -0.25) is 0 Å². The molecule has 1 aliphatic heterocycles. The molecule has 4 nitrogen and oxygen atoms in total. The third kappa shape index (κ3) is 2.27. The molecule has 5 heteroatoms. The van der Waals surface area contributed by atoms with Gasteiger partial charge in [-0.15, -0.1) is 0 Å². The molecular weight excluding hydrogens is 202 g/mol. The lowest BCUT2D eigenvalue weighted by Crippen LogP contribution is -2.54. The van der Waals surface area contributed by atoms with Gasteiger partial charge in [0.05, 0.1) is 11.9 Å². The van der Waals surface area contributed by atoms with Crippen molar-refractivity contribution in [3.8, 4) is 0 Å². The van der Waals surface area contributed by atoms with Crippen LogP contribution in [-0.2, 0) is 10.0 Å². The molecule has 0 radical (unpaired) electrons. The third-order valence-corrected chi connectivity index (χ3v) is 4.89. The summed E-state index contributed by atoms with van der Waals surface area (Å²) in [7, 11) is -3.19. The second kappa shape index (κ2) is 3.79. The van der Waals surface area contributed by atoms with Gasteiger partial charge in [0.2, 0.25) is 10.0 Å². The van der Waals surface area contributed by atoms with Crippen LogP contribution < -0.4 is 0 Å². The van der Waals surface area contributed by atoms with E-state index in [-0.39, 0.29) is 17.8 Å². The Bertz CT molecular complexity index is 297. The van der Waals surface area contributed by atoms with Crippen LogP contribution in [0.25, 0.3) is 0 Å². The number of sulfonamides is 1. The smallest absolute Gasteiger partial charge is 0.214 e. The first-order valence-corrected chi connectivity index (χ1v) is 6.59. The molecule has 0 aromatic carbocycles. The molecular formula is C9H19NO3S. The van der Waals surface area contributed by atoms with E-state index in [9.17, 15) is 13.5 Å². The van der Waals surface area contributed by atoms with Gasteiger partial charge in [-0.25, -0.2) is 8.42 Å². The summed E-state index contributed by atoms with van der Waals surface area (Å²) in [6.07, 6.45) is 0.889. The van der Waals surface area contributed by atoms with Gasteiger partial charge in [0.1, 0.15) is 0 Å². The van der Waals surface area contributed by atoms with E-state index in [0.29, 0.717) is 12.8 Å². The molecule has 1 fully saturated rings. The predicted octanol–water partition coefficient (Wildman–Crippen LogP) is 0.571. The van der Waals surface area contributed by atoms with Crippen molar-refractivity contribution in [3.05, 3.63) is 0 Å². The van der Waals surface area contributed by atoms with Crippen molar-refractivity contribution in [3.63, 3.8) is 0 Å². The zero-order chi connectivity index (χ0) is 11.0. The third-order valence-electron chi connectivity index (χ3n) is 2.84. The van der Waals surface area contributed by atoms with Crippen molar-refractivity contribution in [2.24, 2.45) is 0 Å². The number of β-amino-alcohol motifs (C(OH)–C–C–N with tert-alkyl or cyclic N) is 1. The molecule has 1 unspecified atom stereocenters. The Kier molecular flexibility index (Phi) is 3.23. The number of hydrogen-bond acceptors (Lipinski definition) is 3. The minimum atomic E-state index is -3.19. The zero-order valence-electron chi connectivity index (χ0n) is 9.02. The Morgan fingerprint density at radius 3 is 2.57 bits per heavy atom. The molecule has 0 amide bonds. The van der Waals surface area contributed by atoms with E-state index in [1.807, 2.05) is 13.8 Å². The van der Waals surface area contributed by atoms with E-state index in [1.54, 1.807) is 6.92 Å². The summed E-state index contributed by atoms with van der Waals surface area (Å²) in [6, 6.07) is 0. The van der Waals surface area contributed by atoms with Crippen LogP contribution in [0.1, 0.15) is 33.6 Å². The molecule has 1 N–H and O–H groups in total. The molecule has 0 aromatic rings. The normalized spacial score (nSPS) is 29.0. The van der Waals surface area contributed by atoms with Crippen molar-refractivity contribution in [2.75, 3.05) is 12.3 Å². The van der Waals surface area contributed by atoms with E-state index in [0.717, 1.165) is 0 Å². The molecule has 14 heavy (non-hydrogen) atoms. The Hall–Kier alpha value is -0.130. The van der Waals surface area contributed by atoms with Gasteiger partial charge in [-0.05, 0) is 33.6 Å². The standard InChI is InChI=1S/C9H19NO3S/c1-4-14(12,13)10-7-8(11)5-6-9(10,2)3/h8,11H,4-7H2,1-3H3. The molecule has 1 rings (SSSR count). The summed E-state index contributed by atoms with van der Waals surface area (Å²) in [5, 5.41) is 9.46.